The molecule has 4 rings (SSSR count). The molecule has 1 N–H and O–H groups in total. The largest absolute Gasteiger partial charge is 0.352 e. The summed E-state index contributed by atoms with van der Waals surface area (Å²) in [6, 6.07) is 11.5. The van der Waals surface area contributed by atoms with Crippen LogP contribution in [0.15, 0.2) is 61.3 Å². The number of benzene rings is 1. The molecule has 0 saturated carbocycles. The van der Waals surface area contributed by atoms with Crippen molar-refractivity contribution in [3.05, 3.63) is 66.9 Å². The molecular weight excluding hydrogens is 346 g/mol. The van der Waals surface area contributed by atoms with E-state index in [4.69, 9.17) is 0 Å². The van der Waals surface area contributed by atoms with Crippen LogP contribution in [0.5, 0.6) is 0 Å². The molecule has 4 aromatic rings. The van der Waals surface area contributed by atoms with Crippen molar-refractivity contribution in [1.82, 2.24) is 24.8 Å². The molecule has 0 saturated heterocycles. The van der Waals surface area contributed by atoms with Crippen LogP contribution < -0.4 is 5.32 Å². The highest BCUT2D eigenvalue weighted by atomic mass is 32.1. The molecule has 26 heavy (non-hydrogen) atoms. The summed E-state index contributed by atoms with van der Waals surface area (Å²) in [5, 5.41) is 3.73. The van der Waals surface area contributed by atoms with Crippen LogP contribution >= 0.6 is 11.3 Å². The van der Waals surface area contributed by atoms with Gasteiger partial charge in [0.2, 0.25) is 0 Å². The number of para-hydroxylation sites is 1. The molecular formula is C19H17N5OS. The first-order chi connectivity index (χ1) is 12.8. The molecule has 3 aromatic heterocycles. The van der Waals surface area contributed by atoms with E-state index in [9.17, 15) is 4.79 Å². The van der Waals surface area contributed by atoms with Crippen molar-refractivity contribution >= 4 is 27.5 Å². The third-order valence-electron chi connectivity index (χ3n) is 3.99. The quantitative estimate of drug-likeness (QED) is 0.533. The molecule has 0 spiro atoms. The Morgan fingerprint density at radius 3 is 2.92 bits per heavy atom. The summed E-state index contributed by atoms with van der Waals surface area (Å²) in [5.41, 5.74) is 2.10. The van der Waals surface area contributed by atoms with Crippen LogP contribution in [0.2, 0.25) is 0 Å². The summed E-state index contributed by atoms with van der Waals surface area (Å²) in [6.45, 7) is 1.41. The van der Waals surface area contributed by atoms with Crippen LogP contribution in [0.4, 0.5) is 0 Å². The van der Waals surface area contributed by atoms with E-state index >= 15 is 0 Å². The zero-order valence-corrected chi connectivity index (χ0v) is 14.8. The van der Waals surface area contributed by atoms with Gasteiger partial charge in [0.1, 0.15) is 10.7 Å². The van der Waals surface area contributed by atoms with Gasteiger partial charge in [-0.3, -0.25) is 9.78 Å². The van der Waals surface area contributed by atoms with Crippen LogP contribution in [0.3, 0.4) is 0 Å². The number of nitrogens with zero attached hydrogens (tertiary/aromatic N) is 4. The van der Waals surface area contributed by atoms with Gasteiger partial charge in [-0.1, -0.05) is 12.1 Å². The van der Waals surface area contributed by atoms with Gasteiger partial charge < -0.3 is 9.88 Å². The molecule has 0 radical (unpaired) electrons. The number of imidazole rings is 1. The van der Waals surface area contributed by atoms with Crippen LogP contribution in [0.1, 0.15) is 16.8 Å². The van der Waals surface area contributed by atoms with Gasteiger partial charge >= 0.3 is 0 Å². The third kappa shape index (κ3) is 3.48. The zero-order chi connectivity index (χ0) is 17.8. The number of pyridine rings is 1. The first-order valence-corrected chi connectivity index (χ1v) is 9.18. The van der Waals surface area contributed by atoms with Crippen molar-refractivity contribution in [2.45, 2.75) is 13.0 Å². The highest BCUT2D eigenvalue weighted by Crippen LogP contribution is 2.30. The highest BCUT2D eigenvalue weighted by Gasteiger charge is 2.16. The molecule has 130 valence electrons. The summed E-state index contributed by atoms with van der Waals surface area (Å²) in [5.74, 6) is -0.127. The molecule has 0 bridgehead atoms. The summed E-state index contributed by atoms with van der Waals surface area (Å²) in [4.78, 5) is 25.7. The van der Waals surface area contributed by atoms with Crippen molar-refractivity contribution in [3.63, 3.8) is 0 Å². The van der Waals surface area contributed by atoms with Crippen molar-refractivity contribution in [2.24, 2.45) is 0 Å². The predicted molar refractivity (Wildman–Crippen MR) is 102 cm³/mol. The fourth-order valence-electron chi connectivity index (χ4n) is 2.71. The van der Waals surface area contributed by atoms with E-state index in [2.05, 4.69) is 20.3 Å². The van der Waals surface area contributed by atoms with Gasteiger partial charge in [0, 0.05) is 31.7 Å². The average Bonchev–Trinajstić information content (AvgIpc) is 3.34. The molecule has 1 aromatic carbocycles. The number of aromatic nitrogens is 4. The fourth-order valence-corrected chi connectivity index (χ4v) is 3.69. The maximum absolute atomic E-state index is 12.6. The second-order valence-electron chi connectivity index (χ2n) is 5.80. The first-order valence-electron chi connectivity index (χ1n) is 8.36. The Kier molecular flexibility index (Phi) is 4.70. The summed E-state index contributed by atoms with van der Waals surface area (Å²) < 4.78 is 3.07. The van der Waals surface area contributed by atoms with Crippen molar-refractivity contribution < 1.29 is 4.79 Å². The Hall–Kier alpha value is -3.06. The number of rotatable bonds is 6. The minimum atomic E-state index is -0.127. The van der Waals surface area contributed by atoms with E-state index in [1.54, 1.807) is 42.2 Å². The molecule has 0 fully saturated rings. The number of carbonyl (C=O) groups excluding carboxylic acids is 1. The van der Waals surface area contributed by atoms with Crippen molar-refractivity contribution in [3.8, 4) is 10.7 Å². The summed E-state index contributed by atoms with van der Waals surface area (Å²) in [7, 11) is 0. The average molecular weight is 363 g/mol. The standard InChI is InChI=1S/C19H17N5OS/c25-18(22-9-4-11-24-12-10-20-13-24)14-5-3-8-21-17(14)19-23-15-6-1-2-7-16(15)26-19/h1-3,5-8,10,12-13H,4,9,11H2,(H,22,25). The van der Waals surface area contributed by atoms with Gasteiger partial charge in [-0.15, -0.1) is 11.3 Å². The Bertz CT molecular complexity index is 992. The maximum atomic E-state index is 12.6. The zero-order valence-electron chi connectivity index (χ0n) is 14.0. The van der Waals surface area contributed by atoms with E-state index in [1.807, 2.05) is 35.0 Å². The molecule has 0 atom stereocenters. The van der Waals surface area contributed by atoms with Crippen LogP contribution in [0.25, 0.3) is 20.9 Å². The fraction of sp³-hybridized carbons (Fsp3) is 0.158. The van der Waals surface area contributed by atoms with Crippen molar-refractivity contribution in [2.75, 3.05) is 6.54 Å². The monoisotopic (exact) mass is 363 g/mol. The highest BCUT2D eigenvalue weighted by molar-refractivity contribution is 7.21. The molecule has 0 aliphatic rings. The van der Waals surface area contributed by atoms with Gasteiger partial charge in [-0.25, -0.2) is 9.97 Å². The van der Waals surface area contributed by atoms with E-state index in [0.29, 0.717) is 17.8 Å². The minimum absolute atomic E-state index is 0.127. The van der Waals surface area contributed by atoms with Crippen LogP contribution in [0, 0.1) is 0 Å². The summed E-state index contributed by atoms with van der Waals surface area (Å²) >= 11 is 1.54. The molecule has 1 amide bonds. The minimum Gasteiger partial charge on any atom is -0.352 e. The number of carbonyl (C=O) groups is 1. The molecule has 0 unspecified atom stereocenters. The van der Waals surface area contributed by atoms with Gasteiger partial charge in [-0.2, -0.15) is 0 Å². The lowest BCUT2D eigenvalue weighted by molar-refractivity contribution is 0.0953. The van der Waals surface area contributed by atoms with Crippen LogP contribution in [-0.2, 0) is 6.54 Å². The van der Waals surface area contributed by atoms with E-state index in [-0.39, 0.29) is 5.91 Å². The molecule has 7 heteroatoms. The molecule has 0 aliphatic carbocycles. The third-order valence-corrected chi connectivity index (χ3v) is 5.03. The lowest BCUT2D eigenvalue weighted by atomic mass is 10.2. The second-order valence-corrected chi connectivity index (χ2v) is 6.83. The van der Waals surface area contributed by atoms with Crippen molar-refractivity contribution in [1.29, 1.82) is 0 Å². The number of aryl methyl sites for hydroxylation is 1. The SMILES string of the molecule is O=C(NCCCn1ccnc1)c1cccnc1-c1nc2ccccc2s1. The molecule has 6 nitrogen and oxygen atoms in total. The van der Waals surface area contributed by atoms with E-state index in [1.165, 1.54) is 0 Å². The Morgan fingerprint density at radius 2 is 2.08 bits per heavy atom. The lowest BCUT2D eigenvalue weighted by Gasteiger charge is -2.08. The normalized spacial score (nSPS) is 10.9. The Labute approximate surface area is 154 Å². The number of nitrogens with one attached hydrogen (secondary N) is 1. The number of thiazole rings is 1. The molecule has 0 aliphatic heterocycles. The Morgan fingerprint density at radius 1 is 1.15 bits per heavy atom. The van der Waals surface area contributed by atoms with Gasteiger partial charge in [0.05, 0.1) is 22.1 Å². The first kappa shape index (κ1) is 16.4. The van der Waals surface area contributed by atoms with E-state index in [0.717, 1.165) is 28.2 Å². The lowest BCUT2D eigenvalue weighted by Crippen LogP contribution is -2.26. The maximum Gasteiger partial charge on any atom is 0.253 e. The number of hydrogen-bond acceptors (Lipinski definition) is 5. The van der Waals surface area contributed by atoms with Gasteiger partial charge in [0.25, 0.3) is 5.91 Å². The van der Waals surface area contributed by atoms with Crippen LogP contribution in [-0.4, -0.2) is 32.0 Å². The second kappa shape index (κ2) is 7.45. The summed E-state index contributed by atoms with van der Waals surface area (Å²) in [6.07, 6.45) is 7.96. The smallest absolute Gasteiger partial charge is 0.253 e. The van der Waals surface area contributed by atoms with Gasteiger partial charge in [0.15, 0.2) is 0 Å². The molecule has 3 heterocycles. The number of fused-ring (bicyclic) bond motifs is 1. The van der Waals surface area contributed by atoms with Gasteiger partial charge in [-0.05, 0) is 30.7 Å². The topological polar surface area (TPSA) is 72.7 Å². The predicted octanol–water partition coefficient (Wildman–Crippen LogP) is 3.37. The number of hydrogen-bond donors (Lipinski definition) is 1. The van der Waals surface area contributed by atoms with E-state index < -0.39 is 0 Å². The Balaban J connectivity index is 1.48. The number of amides is 1.